The summed E-state index contributed by atoms with van der Waals surface area (Å²) in [5.41, 5.74) is 0.579. The molecule has 1 aromatic carbocycles. The van der Waals surface area contributed by atoms with E-state index < -0.39 is 0 Å². The number of carbonyl (C=O) groups is 1. The minimum atomic E-state index is 0.160. The summed E-state index contributed by atoms with van der Waals surface area (Å²) >= 11 is 0. The van der Waals surface area contributed by atoms with Crippen LogP contribution < -0.4 is 14.8 Å². The van der Waals surface area contributed by atoms with E-state index in [2.05, 4.69) is 26.1 Å². The first kappa shape index (κ1) is 18.1. The molecule has 3 rings (SSSR count). The lowest BCUT2D eigenvalue weighted by molar-refractivity contribution is -0.123. The number of hydrogen-bond donors (Lipinski definition) is 1. The zero-order chi connectivity index (χ0) is 18.1. The van der Waals surface area contributed by atoms with Crippen molar-refractivity contribution in [1.82, 2.24) is 5.32 Å². The quantitative estimate of drug-likeness (QED) is 0.754. The summed E-state index contributed by atoms with van der Waals surface area (Å²) in [6.45, 7) is 7.66. The van der Waals surface area contributed by atoms with Gasteiger partial charge in [-0.05, 0) is 66.7 Å². The number of rotatable bonds is 7. The summed E-state index contributed by atoms with van der Waals surface area (Å²) < 4.78 is 10.8. The van der Waals surface area contributed by atoms with Crippen LogP contribution in [0, 0.1) is 16.7 Å². The van der Waals surface area contributed by atoms with Crippen molar-refractivity contribution in [3.8, 4) is 11.5 Å². The van der Waals surface area contributed by atoms with Crippen molar-refractivity contribution >= 4 is 5.91 Å². The first-order valence-electron chi connectivity index (χ1n) is 9.43. The molecule has 0 saturated heterocycles. The van der Waals surface area contributed by atoms with Crippen molar-refractivity contribution in [3.63, 3.8) is 0 Å². The molecule has 2 fully saturated rings. The fourth-order valence-corrected chi connectivity index (χ4v) is 4.78. The van der Waals surface area contributed by atoms with Gasteiger partial charge in [-0.2, -0.15) is 0 Å². The predicted molar refractivity (Wildman–Crippen MR) is 98.9 cm³/mol. The average molecular weight is 345 g/mol. The maximum atomic E-state index is 12.3. The number of methoxy groups -OCH3 is 1. The first-order chi connectivity index (χ1) is 11.9. The molecule has 0 radical (unpaired) electrons. The van der Waals surface area contributed by atoms with Gasteiger partial charge >= 0.3 is 0 Å². The molecule has 2 saturated carbocycles. The van der Waals surface area contributed by atoms with Gasteiger partial charge in [0.05, 0.1) is 13.7 Å². The van der Waals surface area contributed by atoms with Crippen LogP contribution in [0.1, 0.15) is 52.9 Å². The Morgan fingerprint density at radius 1 is 1.20 bits per heavy atom. The summed E-state index contributed by atoms with van der Waals surface area (Å²) in [5.74, 6) is 2.53. The second kappa shape index (κ2) is 6.89. The van der Waals surface area contributed by atoms with Crippen molar-refractivity contribution in [3.05, 3.63) is 24.3 Å². The molecule has 1 N–H and O–H groups in total. The Balaban J connectivity index is 1.40. The smallest absolute Gasteiger partial charge is 0.220 e. The van der Waals surface area contributed by atoms with Gasteiger partial charge in [-0.15, -0.1) is 0 Å². The van der Waals surface area contributed by atoms with Crippen LogP contribution >= 0.6 is 0 Å². The molecule has 0 spiro atoms. The SMILES string of the molecule is COc1ccc(OCCCC(=O)NC2CC3CCC2(C)C3(C)C)cc1. The van der Waals surface area contributed by atoms with Gasteiger partial charge in [0.2, 0.25) is 5.91 Å². The number of amides is 1. The molecular formula is C21H31NO3. The maximum Gasteiger partial charge on any atom is 0.220 e. The third-order valence-electron chi connectivity index (χ3n) is 7.01. The molecule has 25 heavy (non-hydrogen) atoms. The van der Waals surface area contributed by atoms with Crippen LogP contribution in [0.5, 0.6) is 11.5 Å². The van der Waals surface area contributed by atoms with E-state index in [-0.39, 0.29) is 11.3 Å². The van der Waals surface area contributed by atoms with E-state index in [1.165, 1.54) is 12.8 Å². The van der Waals surface area contributed by atoms with Gasteiger partial charge in [0, 0.05) is 12.5 Å². The van der Waals surface area contributed by atoms with Crippen LogP contribution in [0.25, 0.3) is 0 Å². The van der Waals surface area contributed by atoms with Crippen LogP contribution in [0.3, 0.4) is 0 Å². The number of nitrogens with one attached hydrogen (secondary N) is 1. The standard InChI is InChI=1S/C21H31NO3/c1-20(2)15-11-12-21(20,3)18(14-15)22-19(23)6-5-13-25-17-9-7-16(24-4)8-10-17/h7-10,15,18H,5-6,11-14H2,1-4H3,(H,22,23). The van der Waals surface area contributed by atoms with Crippen LogP contribution in [0.15, 0.2) is 24.3 Å². The molecule has 2 aliphatic rings. The highest BCUT2D eigenvalue weighted by molar-refractivity contribution is 5.76. The highest BCUT2D eigenvalue weighted by Crippen LogP contribution is 2.65. The second-order valence-electron chi connectivity index (χ2n) is 8.36. The van der Waals surface area contributed by atoms with Crippen LogP contribution in [-0.2, 0) is 4.79 Å². The van der Waals surface area contributed by atoms with Gasteiger partial charge in [-0.1, -0.05) is 20.8 Å². The predicted octanol–water partition coefficient (Wildman–Crippen LogP) is 4.19. The van der Waals surface area contributed by atoms with Crippen molar-refractivity contribution in [2.75, 3.05) is 13.7 Å². The lowest BCUT2D eigenvalue weighted by Crippen LogP contribution is -2.46. The third-order valence-corrected chi connectivity index (χ3v) is 7.01. The molecule has 138 valence electrons. The summed E-state index contributed by atoms with van der Waals surface area (Å²) in [5, 5.41) is 3.31. The Kier molecular flexibility index (Phi) is 4.99. The highest BCUT2D eigenvalue weighted by Gasteiger charge is 2.61. The van der Waals surface area contributed by atoms with Gasteiger partial charge < -0.3 is 14.8 Å². The monoisotopic (exact) mass is 345 g/mol. The largest absolute Gasteiger partial charge is 0.497 e. The molecule has 0 aliphatic heterocycles. The van der Waals surface area contributed by atoms with Gasteiger partial charge in [-0.3, -0.25) is 4.79 Å². The number of carbonyl (C=O) groups excluding carboxylic acids is 1. The van der Waals surface area contributed by atoms with Crippen LogP contribution in [0.4, 0.5) is 0 Å². The second-order valence-corrected chi connectivity index (χ2v) is 8.36. The molecule has 0 heterocycles. The number of ether oxygens (including phenoxy) is 2. The minimum absolute atomic E-state index is 0.160. The molecule has 4 nitrogen and oxygen atoms in total. The summed E-state index contributed by atoms with van der Waals surface area (Å²) in [4.78, 5) is 12.3. The summed E-state index contributed by atoms with van der Waals surface area (Å²) in [6, 6.07) is 7.85. The lowest BCUT2D eigenvalue weighted by atomic mass is 9.69. The molecule has 2 aliphatic carbocycles. The van der Waals surface area contributed by atoms with E-state index >= 15 is 0 Å². The van der Waals surface area contributed by atoms with E-state index in [4.69, 9.17) is 9.47 Å². The van der Waals surface area contributed by atoms with Crippen molar-refractivity contribution in [1.29, 1.82) is 0 Å². The molecule has 3 unspecified atom stereocenters. The zero-order valence-electron chi connectivity index (χ0n) is 15.9. The molecule has 1 aromatic rings. The van der Waals surface area contributed by atoms with E-state index in [0.717, 1.165) is 30.3 Å². The Morgan fingerprint density at radius 3 is 2.44 bits per heavy atom. The Hall–Kier alpha value is -1.71. The minimum Gasteiger partial charge on any atom is -0.497 e. The topological polar surface area (TPSA) is 47.6 Å². The Morgan fingerprint density at radius 2 is 1.88 bits per heavy atom. The van der Waals surface area contributed by atoms with Crippen molar-refractivity contribution < 1.29 is 14.3 Å². The van der Waals surface area contributed by atoms with Gasteiger partial charge in [0.25, 0.3) is 0 Å². The van der Waals surface area contributed by atoms with Gasteiger partial charge in [0.1, 0.15) is 11.5 Å². The molecular weight excluding hydrogens is 314 g/mol. The molecule has 3 atom stereocenters. The Labute approximate surface area is 151 Å². The first-order valence-corrected chi connectivity index (χ1v) is 9.43. The fraction of sp³-hybridized carbons (Fsp3) is 0.667. The maximum absolute atomic E-state index is 12.3. The van der Waals surface area contributed by atoms with E-state index in [1.807, 2.05) is 24.3 Å². The van der Waals surface area contributed by atoms with Crippen LogP contribution in [-0.4, -0.2) is 25.7 Å². The Bertz CT molecular complexity index is 610. The van der Waals surface area contributed by atoms with Crippen molar-refractivity contribution in [2.45, 2.75) is 58.9 Å². The van der Waals surface area contributed by atoms with Crippen molar-refractivity contribution in [2.24, 2.45) is 16.7 Å². The van der Waals surface area contributed by atoms with Gasteiger partial charge in [0.15, 0.2) is 0 Å². The van der Waals surface area contributed by atoms with E-state index in [0.29, 0.717) is 24.5 Å². The number of fused-ring (bicyclic) bond motifs is 2. The third kappa shape index (κ3) is 3.36. The fourth-order valence-electron chi connectivity index (χ4n) is 4.78. The lowest BCUT2D eigenvalue weighted by Gasteiger charge is -2.39. The molecule has 0 aromatic heterocycles. The number of hydrogen-bond acceptors (Lipinski definition) is 3. The van der Waals surface area contributed by atoms with Crippen LogP contribution in [0.2, 0.25) is 0 Å². The number of benzene rings is 1. The summed E-state index contributed by atoms with van der Waals surface area (Å²) in [7, 11) is 1.65. The zero-order valence-corrected chi connectivity index (χ0v) is 15.9. The molecule has 2 bridgehead atoms. The van der Waals surface area contributed by atoms with E-state index in [9.17, 15) is 4.79 Å². The molecule has 4 heteroatoms. The average Bonchev–Trinajstić information content (AvgIpc) is 2.93. The molecule has 1 amide bonds. The highest BCUT2D eigenvalue weighted by atomic mass is 16.5. The normalized spacial score (nSPS) is 29.4. The summed E-state index contributed by atoms with van der Waals surface area (Å²) in [6.07, 6.45) is 4.93. The van der Waals surface area contributed by atoms with Gasteiger partial charge in [-0.25, -0.2) is 0 Å². The van der Waals surface area contributed by atoms with E-state index in [1.54, 1.807) is 7.11 Å².